The fourth-order valence-electron chi connectivity index (χ4n) is 1.72. The van der Waals surface area contributed by atoms with E-state index >= 15 is 0 Å². The zero-order valence-corrected chi connectivity index (χ0v) is 8.03. The third-order valence-electron chi connectivity index (χ3n) is 2.47. The second kappa shape index (κ2) is 3.87. The van der Waals surface area contributed by atoms with E-state index in [4.69, 9.17) is 0 Å². The second-order valence-electron chi connectivity index (χ2n) is 3.53. The predicted molar refractivity (Wildman–Crippen MR) is 50.4 cm³/mol. The highest BCUT2D eigenvalue weighted by molar-refractivity contribution is 4.82. The van der Waals surface area contributed by atoms with E-state index in [1.165, 1.54) is 12.8 Å². The summed E-state index contributed by atoms with van der Waals surface area (Å²) in [5, 5.41) is 7.80. The van der Waals surface area contributed by atoms with Crippen molar-refractivity contribution in [3.63, 3.8) is 0 Å². The molecule has 0 bridgehead atoms. The van der Waals surface area contributed by atoms with Crippen LogP contribution >= 0.6 is 0 Å². The molecule has 1 aromatic rings. The summed E-state index contributed by atoms with van der Waals surface area (Å²) in [5.41, 5.74) is 0. The van der Waals surface area contributed by atoms with Gasteiger partial charge in [-0.3, -0.25) is 4.68 Å². The first kappa shape index (κ1) is 8.69. The molecule has 72 valence electrons. The Bertz CT molecular complexity index is 262. The number of hydrogen-bond acceptors (Lipinski definition) is 3. The van der Waals surface area contributed by atoms with E-state index in [2.05, 4.69) is 22.3 Å². The molecule has 0 radical (unpaired) electrons. The summed E-state index contributed by atoms with van der Waals surface area (Å²) < 4.78 is 1.95. The molecule has 1 aliphatic heterocycles. The third-order valence-corrected chi connectivity index (χ3v) is 2.47. The minimum absolute atomic E-state index is 0.603. The van der Waals surface area contributed by atoms with Gasteiger partial charge < -0.3 is 5.32 Å². The van der Waals surface area contributed by atoms with Crippen molar-refractivity contribution in [3.8, 4) is 0 Å². The predicted octanol–water partition coefficient (Wildman–Crippen LogP) is 0.592. The van der Waals surface area contributed by atoms with Crippen molar-refractivity contribution in [3.05, 3.63) is 12.2 Å². The Morgan fingerprint density at radius 1 is 1.69 bits per heavy atom. The zero-order chi connectivity index (χ0) is 9.10. The molecule has 4 nitrogen and oxygen atoms in total. The second-order valence-corrected chi connectivity index (χ2v) is 3.53. The lowest BCUT2D eigenvalue weighted by Gasteiger charge is -2.08. The lowest BCUT2D eigenvalue weighted by molar-refractivity contribution is 0.473. The van der Waals surface area contributed by atoms with Crippen LogP contribution in [0.4, 0.5) is 0 Å². The monoisotopic (exact) mass is 180 g/mol. The zero-order valence-electron chi connectivity index (χ0n) is 8.03. The maximum absolute atomic E-state index is 4.36. The summed E-state index contributed by atoms with van der Waals surface area (Å²) in [4.78, 5) is 4.20. The van der Waals surface area contributed by atoms with Gasteiger partial charge in [-0.05, 0) is 19.4 Å². The molecule has 0 amide bonds. The van der Waals surface area contributed by atoms with Gasteiger partial charge in [-0.2, -0.15) is 5.10 Å². The average molecular weight is 180 g/mol. The van der Waals surface area contributed by atoms with Gasteiger partial charge in [-0.25, -0.2) is 4.98 Å². The van der Waals surface area contributed by atoms with Crippen molar-refractivity contribution < 1.29 is 0 Å². The SMILES string of the molecule is CCc1ncn(CC2CCCN2)n1. The summed E-state index contributed by atoms with van der Waals surface area (Å²) in [6, 6.07) is 0.603. The number of aryl methyl sites for hydroxylation is 1. The summed E-state index contributed by atoms with van der Waals surface area (Å²) in [6.45, 7) is 4.19. The quantitative estimate of drug-likeness (QED) is 0.740. The summed E-state index contributed by atoms with van der Waals surface area (Å²) in [6.07, 6.45) is 5.31. The molecule has 0 aromatic carbocycles. The van der Waals surface area contributed by atoms with E-state index in [0.29, 0.717) is 6.04 Å². The van der Waals surface area contributed by atoms with Crippen molar-refractivity contribution in [1.82, 2.24) is 20.1 Å². The molecule has 0 saturated carbocycles. The van der Waals surface area contributed by atoms with Crippen LogP contribution in [0.15, 0.2) is 6.33 Å². The first-order valence-corrected chi connectivity index (χ1v) is 5.00. The molecule has 1 unspecified atom stereocenters. The molecular weight excluding hydrogens is 164 g/mol. The summed E-state index contributed by atoms with van der Waals surface area (Å²) >= 11 is 0. The van der Waals surface area contributed by atoms with Crippen molar-refractivity contribution in [2.75, 3.05) is 6.54 Å². The smallest absolute Gasteiger partial charge is 0.150 e. The van der Waals surface area contributed by atoms with Crippen LogP contribution in [0, 0.1) is 0 Å². The topological polar surface area (TPSA) is 42.7 Å². The minimum atomic E-state index is 0.603. The van der Waals surface area contributed by atoms with Crippen LogP contribution in [0.25, 0.3) is 0 Å². The van der Waals surface area contributed by atoms with Gasteiger partial charge in [0.25, 0.3) is 0 Å². The highest BCUT2D eigenvalue weighted by Crippen LogP contribution is 2.06. The van der Waals surface area contributed by atoms with Gasteiger partial charge in [-0.15, -0.1) is 0 Å². The highest BCUT2D eigenvalue weighted by Gasteiger charge is 2.14. The largest absolute Gasteiger partial charge is 0.312 e. The Labute approximate surface area is 78.4 Å². The lowest BCUT2D eigenvalue weighted by atomic mass is 10.2. The third kappa shape index (κ3) is 2.06. The molecule has 1 fully saturated rings. The van der Waals surface area contributed by atoms with Crippen molar-refractivity contribution in [2.24, 2.45) is 0 Å². The van der Waals surface area contributed by atoms with E-state index in [1.807, 2.05) is 11.0 Å². The Morgan fingerprint density at radius 3 is 3.23 bits per heavy atom. The fraction of sp³-hybridized carbons (Fsp3) is 0.778. The molecule has 1 saturated heterocycles. The molecule has 1 aromatic heterocycles. The van der Waals surface area contributed by atoms with E-state index in [9.17, 15) is 0 Å². The van der Waals surface area contributed by atoms with E-state index in [-0.39, 0.29) is 0 Å². The Kier molecular flexibility index (Phi) is 2.59. The Hall–Kier alpha value is -0.900. The van der Waals surface area contributed by atoms with E-state index in [0.717, 1.165) is 25.3 Å². The molecule has 1 atom stereocenters. The first-order chi connectivity index (χ1) is 6.38. The number of nitrogens with one attached hydrogen (secondary N) is 1. The molecule has 4 heteroatoms. The normalized spacial score (nSPS) is 22.4. The van der Waals surface area contributed by atoms with Gasteiger partial charge in [0.05, 0.1) is 6.54 Å². The standard InChI is InChI=1S/C9H16N4/c1-2-9-11-7-13(12-9)6-8-4-3-5-10-8/h7-8,10H,2-6H2,1H3. The van der Waals surface area contributed by atoms with Crippen LogP contribution < -0.4 is 5.32 Å². The van der Waals surface area contributed by atoms with Crippen LogP contribution in [0.2, 0.25) is 0 Å². The van der Waals surface area contributed by atoms with Gasteiger partial charge in [0, 0.05) is 12.5 Å². The summed E-state index contributed by atoms with van der Waals surface area (Å²) in [5.74, 6) is 0.943. The molecular formula is C9H16N4. The molecule has 2 heterocycles. The van der Waals surface area contributed by atoms with Crippen LogP contribution in [0.5, 0.6) is 0 Å². The Morgan fingerprint density at radius 2 is 2.62 bits per heavy atom. The molecule has 1 aliphatic rings. The van der Waals surface area contributed by atoms with Crippen LogP contribution in [-0.4, -0.2) is 27.4 Å². The number of nitrogens with zero attached hydrogens (tertiary/aromatic N) is 3. The molecule has 1 N–H and O–H groups in total. The van der Waals surface area contributed by atoms with Crippen molar-refractivity contribution in [1.29, 1.82) is 0 Å². The lowest BCUT2D eigenvalue weighted by Crippen LogP contribution is -2.26. The van der Waals surface area contributed by atoms with E-state index in [1.54, 1.807) is 0 Å². The fourth-order valence-corrected chi connectivity index (χ4v) is 1.72. The molecule has 2 rings (SSSR count). The van der Waals surface area contributed by atoms with Crippen LogP contribution in [-0.2, 0) is 13.0 Å². The number of aromatic nitrogens is 3. The summed E-state index contributed by atoms with van der Waals surface area (Å²) in [7, 11) is 0. The Balaban J connectivity index is 1.92. The number of rotatable bonds is 3. The molecule has 0 spiro atoms. The van der Waals surface area contributed by atoms with E-state index < -0.39 is 0 Å². The highest BCUT2D eigenvalue weighted by atomic mass is 15.3. The van der Waals surface area contributed by atoms with Gasteiger partial charge in [0.15, 0.2) is 0 Å². The van der Waals surface area contributed by atoms with Crippen LogP contribution in [0.3, 0.4) is 0 Å². The molecule has 13 heavy (non-hydrogen) atoms. The van der Waals surface area contributed by atoms with Crippen LogP contribution in [0.1, 0.15) is 25.6 Å². The van der Waals surface area contributed by atoms with Gasteiger partial charge in [-0.1, -0.05) is 6.92 Å². The maximum Gasteiger partial charge on any atom is 0.150 e. The van der Waals surface area contributed by atoms with Crippen molar-refractivity contribution >= 4 is 0 Å². The molecule has 0 aliphatic carbocycles. The first-order valence-electron chi connectivity index (χ1n) is 5.00. The minimum Gasteiger partial charge on any atom is -0.312 e. The maximum atomic E-state index is 4.36. The van der Waals surface area contributed by atoms with Gasteiger partial charge in [0.1, 0.15) is 12.2 Å². The van der Waals surface area contributed by atoms with Crippen molar-refractivity contribution in [2.45, 2.75) is 38.8 Å². The number of hydrogen-bond donors (Lipinski definition) is 1. The average Bonchev–Trinajstić information content (AvgIpc) is 2.76. The van der Waals surface area contributed by atoms with Gasteiger partial charge in [0.2, 0.25) is 0 Å². The van der Waals surface area contributed by atoms with Gasteiger partial charge >= 0.3 is 0 Å².